The van der Waals surface area contributed by atoms with Crippen LogP contribution in [0.2, 0.25) is 0 Å². The molecule has 0 bridgehead atoms. The van der Waals surface area contributed by atoms with Crippen LogP contribution in [0.3, 0.4) is 0 Å². The van der Waals surface area contributed by atoms with Gasteiger partial charge in [0.05, 0.1) is 20.7 Å². The van der Waals surface area contributed by atoms with Gasteiger partial charge in [-0.25, -0.2) is 4.99 Å². The fourth-order valence-electron chi connectivity index (χ4n) is 2.46. The van der Waals surface area contributed by atoms with Gasteiger partial charge in [-0.2, -0.15) is 0 Å². The van der Waals surface area contributed by atoms with Crippen molar-refractivity contribution in [2.75, 3.05) is 0 Å². The van der Waals surface area contributed by atoms with Crippen molar-refractivity contribution in [3.05, 3.63) is 105 Å². The Morgan fingerprint density at radius 1 is 0.760 bits per heavy atom. The smallest absolute Gasteiger partial charge is 0.0863 e. The van der Waals surface area contributed by atoms with Gasteiger partial charge in [0.15, 0.2) is 0 Å². The highest BCUT2D eigenvalue weighted by atomic mass is 127. The second-order valence-electron chi connectivity index (χ2n) is 5.76. The van der Waals surface area contributed by atoms with Crippen molar-refractivity contribution in [2.45, 2.75) is 6.92 Å². The number of aryl methyl sites for hydroxylation is 1. The van der Waals surface area contributed by atoms with Crippen molar-refractivity contribution in [2.24, 2.45) is 10.7 Å². The number of aliphatic imine (C=N–C) groups is 1. The highest BCUT2D eigenvalue weighted by Crippen LogP contribution is 2.26. The Kier molecular flexibility index (Phi) is 5.66. The third-order valence-corrected chi connectivity index (χ3v) is 4.94. The van der Waals surface area contributed by atoms with E-state index in [2.05, 4.69) is 53.8 Å². The normalized spacial score (nSPS) is 12.6. The summed E-state index contributed by atoms with van der Waals surface area (Å²) >= 11 is 2.29. The van der Waals surface area contributed by atoms with Gasteiger partial charge in [-0.15, -0.1) is 0 Å². The number of hydrogen-bond acceptors (Lipinski definition) is 2. The molecule has 0 atom stereocenters. The minimum atomic E-state index is 0.732. The maximum Gasteiger partial charge on any atom is 0.0863 e. The number of nitrogens with zero attached hydrogens (tertiary/aromatic N) is 1. The zero-order valence-electron chi connectivity index (χ0n) is 14.0. The lowest BCUT2D eigenvalue weighted by atomic mass is 10.1. The van der Waals surface area contributed by atoms with Crippen molar-refractivity contribution in [1.82, 2.24) is 0 Å². The van der Waals surface area contributed by atoms with Crippen molar-refractivity contribution in [3.63, 3.8) is 0 Å². The molecule has 0 aliphatic carbocycles. The largest absolute Gasteiger partial charge is 0.397 e. The van der Waals surface area contributed by atoms with E-state index in [1.807, 2.05) is 60.7 Å². The fourth-order valence-corrected chi connectivity index (χ4v) is 3.20. The van der Waals surface area contributed by atoms with E-state index in [4.69, 9.17) is 10.7 Å². The van der Waals surface area contributed by atoms with Gasteiger partial charge in [0.1, 0.15) is 0 Å². The number of rotatable bonds is 4. The standard InChI is InChI=1S/C22H19IN2/c1-16-12-14-19(15-13-16)25-22(18-10-6-3-7-11-18)20(23)21(24)17-8-4-2-5-9-17/h2-15H,24H2,1H3/b21-20+,25-22?. The van der Waals surface area contributed by atoms with Crippen LogP contribution in [0.1, 0.15) is 16.7 Å². The Morgan fingerprint density at radius 3 is 1.84 bits per heavy atom. The van der Waals surface area contributed by atoms with E-state index in [-0.39, 0.29) is 0 Å². The topological polar surface area (TPSA) is 38.4 Å². The Bertz CT molecular complexity index is 896. The number of benzene rings is 3. The summed E-state index contributed by atoms with van der Waals surface area (Å²) in [4.78, 5) is 4.89. The molecule has 0 unspecified atom stereocenters. The van der Waals surface area contributed by atoms with Gasteiger partial charge in [-0.3, -0.25) is 0 Å². The molecule has 0 aliphatic rings. The first-order chi connectivity index (χ1) is 12.1. The minimum absolute atomic E-state index is 0.732. The number of nitrogens with two attached hydrogens (primary N) is 1. The summed E-state index contributed by atoms with van der Waals surface area (Å²) in [5.41, 5.74) is 12.2. The van der Waals surface area contributed by atoms with E-state index >= 15 is 0 Å². The zero-order valence-corrected chi connectivity index (χ0v) is 16.1. The lowest BCUT2D eigenvalue weighted by Crippen LogP contribution is -2.08. The molecule has 3 rings (SSSR count). The highest BCUT2D eigenvalue weighted by molar-refractivity contribution is 14.1. The second kappa shape index (κ2) is 8.12. The lowest BCUT2D eigenvalue weighted by molar-refractivity contribution is 1.43. The van der Waals surface area contributed by atoms with Crippen molar-refractivity contribution in [1.29, 1.82) is 0 Å². The molecule has 2 nitrogen and oxygen atoms in total. The molecule has 0 saturated heterocycles. The first-order valence-corrected chi connectivity index (χ1v) is 9.15. The average molecular weight is 438 g/mol. The van der Waals surface area contributed by atoms with Crippen LogP contribution in [-0.2, 0) is 0 Å². The molecular weight excluding hydrogens is 419 g/mol. The van der Waals surface area contributed by atoms with E-state index in [0.717, 1.165) is 31.8 Å². The monoisotopic (exact) mass is 438 g/mol. The van der Waals surface area contributed by atoms with E-state index in [1.165, 1.54) is 5.56 Å². The third-order valence-electron chi connectivity index (χ3n) is 3.85. The molecule has 0 fully saturated rings. The van der Waals surface area contributed by atoms with E-state index in [1.54, 1.807) is 0 Å². The predicted molar refractivity (Wildman–Crippen MR) is 115 cm³/mol. The van der Waals surface area contributed by atoms with E-state index < -0.39 is 0 Å². The average Bonchev–Trinajstić information content (AvgIpc) is 2.68. The molecule has 25 heavy (non-hydrogen) atoms. The SMILES string of the molecule is Cc1ccc(N=C(/C(I)=C(\N)c2ccccc2)c2ccccc2)cc1. The summed E-state index contributed by atoms with van der Waals surface area (Å²) in [6.45, 7) is 2.07. The van der Waals surface area contributed by atoms with Crippen LogP contribution in [0.5, 0.6) is 0 Å². The van der Waals surface area contributed by atoms with E-state index in [0.29, 0.717) is 0 Å². The Balaban J connectivity index is 2.13. The quantitative estimate of drug-likeness (QED) is 0.401. The van der Waals surface area contributed by atoms with E-state index in [9.17, 15) is 0 Å². The fraction of sp³-hybridized carbons (Fsp3) is 0.0455. The molecule has 2 N–H and O–H groups in total. The van der Waals surface area contributed by atoms with Crippen LogP contribution < -0.4 is 5.73 Å². The van der Waals surface area contributed by atoms with Crippen LogP contribution in [0.4, 0.5) is 5.69 Å². The zero-order chi connectivity index (χ0) is 17.6. The molecule has 0 spiro atoms. The molecular formula is C22H19IN2. The molecule has 0 radical (unpaired) electrons. The van der Waals surface area contributed by atoms with Crippen molar-refractivity contribution >= 4 is 39.7 Å². The van der Waals surface area contributed by atoms with Gasteiger partial charge in [0, 0.05) is 5.56 Å². The Labute approximate surface area is 162 Å². The van der Waals surface area contributed by atoms with Gasteiger partial charge >= 0.3 is 0 Å². The summed E-state index contributed by atoms with van der Waals surface area (Å²) in [7, 11) is 0. The first kappa shape index (κ1) is 17.4. The molecule has 0 heterocycles. The van der Waals surface area contributed by atoms with Gasteiger partial charge in [-0.05, 0) is 47.2 Å². The molecule has 3 aromatic carbocycles. The maximum absolute atomic E-state index is 6.45. The van der Waals surface area contributed by atoms with Crippen molar-refractivity contribution < 1.29 is 0 Å². The van der Waals surface area contributed by atoms with Gasteiger partial charge < -0.3 is 5.73 Å². The van der Waals surface area contributed by atoms with Crippen LogP contribution in [0.25, 0.3) is 5.70 Å². The Hall–Kier alpha value is -2.40. The van der Waals surface area contributed by atoms with Gasteiger partial charge in [-0.1, -0.05) is 78.4 Å². The second-order valence-corrected chi connectivity index (χ2v) is 6.83. The van der Waals surface area contributed by atoms with Crippen molar-refractivity contribution in [3.8, 4) is 0 Å². The van der Waals surface area contributed by atoms with Crippen LogP contribution in [0.15, 0.2) is 93.5 Å². The molecule has 0 amide bonds. The van der Waals surface area contributed by atoms with Crippen LogP contribution in [-0.4, -0.2) is 5.71 Å². The summed E-state index contributed by atoms with van der Waals surface area (Å²) in [5, 5.41) is 0. The maximum atomic E-state index is 6.45. The minimum Gasteiger partial charge on any atom is -0.397 e. The van der Waals surface area contributed by atoms with Crippen LogP contribution in [0, 0.1) is 6.92 Å². The summed E-state index contributed by atoms with van der Waals surface area (Å²) in [6.07, 6.45) is 0. The van der Waals surface area contributed by atoms with Crippen LogP contribution >= 0.6 is 22.6 Å². The molecule has 0 aliphatic heterocycles. The molecule has 3 aromatic rings. The Morgan fingerprint density at radius 2 is 1.28 bits per heavy atom. The van der Waals surface area contributed by atoms with Gasteiger partial charge in [0.2, 0.25) is 0 Å². The number of hydrogen-bond donors (Lipinski definition) is 1. The molecule has 0 saturated carbocycles. The lowest BCUT2D eigenvalue weighted by Gasteiger charge is -2.11. The summed E-state index contributed by atoms with van der Waals surface area (Å²) in [6, 6.07) is 28.4. The summed E-state index contributed by atoms with van der Waals surface area (Å²) in [5.74, 6) is 0. The van der Waals surface area contributed by atoms with Gasteiger partial charge in [0.25, 0.3) is 0 Å². The molecule has 3 heteroatoms. The summed E-state index contributed by atoms with van der Waals surface area (Å²) < 4.78 is 0.940. The third kappa shape index (κ3) is 4.37. The molecule has 0 aromatic heterocycles. The molecule has 124 valence electrons. The number of allylic oxidation sites excluding steroid dienone is 1. The number of halogens is 1. The first-order valence-electron chi connectivity index (χ1n) is 8.07. The highest BCUT2D eigenvalue weighted by Gasteiger charge is 2.12. The predicted octanol–water partition coefficient (Wildman–Crippen LogP) is 5.88.